The Bertz CT molecular complexity index is 507. The second-order valence-corrected chi connectivity index (χ2v) is 5.47. The van der Waals surface area contributed by atoms with Crippen molar-refractivity contribution < 1.29 is 9.90 Å². The number of para-hydroxylation sites is 1. The molecule has 0 aromatic heterocycles. The van der Waals surface area contributed by atoms with Crippen LogP contribution < -0.4 is 11.1 Å². The Morgan fingerprint density at radius 2 is 2.25 bits per heavy atom. The molecule has 4 N–H and O–H groups in total. The number of thiocarbonyl (C=S) groups is 1. The molecule has 1 amide bonds. The Morgan fingerprint density at radius 1 is 1.50 bits per heavy atom. The third kappa shape index (κ3) is 3.75. The molecule has 1 heterocycles. The zero-order valence-electron chi connectivity index (χ0n) is 11.2. The highest BCUT2D eigenvalue weighted by atomic mass is 32.1. The van der Waals surface area contributed by atoms with Gasteiger partial charge in [0.05, 0.1) is 12.2 Å². The Balaban J connectivity index is 1.94. The van der Waals surface area contributed by atoms with Crippen molar-refractivity contribution in [2.24, 2.45) is 11.7 Å². The Kier molecular flexibility index (Phi) is 5.05. The summed E-state index contributed by atoms with van der Waals surface area (Å²) in [4.78, 5) is 14.3. The molecule has 1 unspecified atom stereocenters. The Labute approximate surface area is 123 Å². The van der Waals surface area contributed by atoms with Gasteiger partial charge in [-0.2, -0.15) is 0 Å². The lowest BCUT2D eigenvalue weighted by molar-refractivity contribution is -0.117. The maximum absolute atomic E-state index is 12.0. The number of nitrogens with two attached hydrogens (primary N) is 1. The zero-order chi connectivity index (χ0) is 14.5. The van der Waals surface area contributed by atoms with Crippen molar-refractivity contribution in [3.63, 3.8) is 0 Å². The Morgan fingerprint density at radius 3 is 2.90 bits per heavy atom. The minimum Gasteiger partial charge on any atom is -0.396 e. The normalized spacial score (nSPS) is 18.9. The van der Waals surface area contributed by atoms with Crippen LogP contribution in [0.25, 0.3) is 0 Å². The molecule has 6 heteroatoms. The van der Waals surface area contributed by atoms with Crippen molar-refractivity contribution in [2.45, 2.75) is 6.42 Å². The minimum atomic E-state index is -0.0905. The quantitative estimate of drug-likeness (QED) is 0.692. The number of nitrogens with zero attached hydrogens (tertiary/aromatic N) is 1. The molecule has 20 heavy (non-hydrogen) atoms. The van der Waals surface area contributed by atoms with E-state index >= 15 is 0 Å². The fraction of sp³-hybridized carbons (Fsp3) is 0.429. The summed E-state index contributed by atoms with van der Waals surface area (Å²) in [7, 11) is 0. The summed E-state index contributed by atoms with van der Waals surface area (Å²) in [5, 5.41) is 11.9. The van der Waals surface area contributed by atoms with E-state index in [1.54, 1.807) is 12.1 Å². The van der Waals surface area contributed by atoms with Gasteiger partial charge in [0.15, 0.2) is 0 Å². The molecule has 1 saturated heterocycles. The molecule has 1 atom stereocenters. The van der Waals surface area contributed by atoms with Crippen molar-refractivity contribution in [3.05, 3.63) is 29.8 Å². The van der Waals surface area contributed by atoms with Crippen LogP contribution in [0.4, 0.5) is 5.69 Å². The van der Waals surface area contributed by atoms with Crippen LogP contribution in [0.5, 0.6) is 0 Å². The van der Waals surface area contributed by atoms with Gasteiger partial charge in [0.2, 0.25) is 5.91 Å². The monoisotopic (exact) mass is 293 g/mol. The SMILES string of the molecule is NC(=S)c1ccccc1NC(=O)CN1CCC(CO)C1. The summed E-state index contributed by atoms with van der Waals surface area (Å²) in [5.74, 6) is 0.194. The van der Waals surface area contributed by atoms with E-state index in [4.69, 9.17) is 23.1 Å². The highest BCUT2D eigenvalue weighted by Crippen LogP contribution is 2.17. The summed E-state index contributed by atoms with van der Waals surface area (Å²) >= 11 is 4.97. The first kappa shape index (κ1) is 14.9. The van der Waals surface area contributed by atoms with E-state index in [-0.39, 0.29) is 23.4 Å². The molecule has 108 valence electrons. The second kappa shape index (κ2) is 6.78. The van der Waals surface area contributed by atoms with Crippen LogP contribution in [0.3, 0.4) is 0 Å². The molecule has 0 radical (unpaired) electrons. The van der Waals surface area contributed by atoms with E-state index in [0.717, 1.165) is 19.5 Å². The predicted molar refractivity (Wildman–Crippen MR) is 82.6 cm³/mol. The first-order chi connectivity index (χ1) is 9.60. The first-order valence-electron chi connectivity index (χ1n) is 6.62. The molecule has 2 rings (SSSR count). The topological polar surface area (TPSA) is 78.6 Å². The maximum atomic E-state index is 12.0. The van der Waals surface area contributed by atoms with Gasteiger partial charge in [0.1, 0.15) is 4.99 Å². The Hall–Kier alpha value is -1.50. The highest BCUT2D eigenvalue weighted by molar-refractivity contribution is 7.80. The summed E-state index contributed by atoms with van der Waals surface area (Å²) in [6, 6.07) is 7.23. The van der Waals surface area contributed by atoms with Crippen LogP contribution in [0.1, 0.15) is 12.0 Å². The lowest BCUT2D eigenvalue weighted by atomic mass is 10.1. The van der Waals surface area contributed by atoms with Gasteiger partial charge in [-0.1, -0.05) is 24.4 Å². The predicted octanol–water partition coefficient (Wildman–Crippen LogP) is 0.573. The number of rotatable bonds is 5. The van der Waals surface area contributed by atoms with Gasteiger partial charge in [-0.3, -0.25) is 9.69 Å². The largest absolute Gasteiger partial charge is 0.396 e. The number of hydrogen-bond donors (Lipinski definition) is 3. The molecule has 0 bridgehead atoms. The van der Waals surface area contributed by atoms with Gasteiger partial charge >= 0.3 is 0 Å². The molecule has 0 saturated carbocycles. The van der Waals surface area contributed by atoms with Gasteiger partial charge in [0.25, 0.3) is 0 Å². The average molecular weight is 293 g/mol. The minimum absolute atomic E-state index is 0.0905. The average Bonchev–Trinajstić information content (AvgIpc) is 2.86. The number of carbonyl (C=O) groups is 1. The number of benzene rings is 1. The van der Waals surface area contributed by atoms with E-state index < -0.39 is 0 Å². The third-order valence-electron chi connectivity index (χ3n) is 3.46. The summed E-state index contributed by atoms with van der Waals surface area (Å²) in [6.45, 7) is 2.11. The fourth-order valence-corrected chi connectivity index (χ4v) is 2.58. The third-order valence-corrected chi connectivity index (χ3v) is 3.68. The van der Waals surface area contributed by atoms with Crippen molar-refractivity contribution in [1.29, 1.82) is 0 Å². The number of aliphatic hydroxyl groups is 1. The van der Waals surface area contributed by atoms with Crippen LogP contribution >= 0.6 is 12.2 Å². The summed E-state index contributed by atoms with van der Waals surface area (Å²) < 4.78 is 0. The lowest BCUT2D eigenvalue weighted by Crippen LogP contribution is -2.32. The van der Waals surface area contributed by atoms with Crippen LogP contribution in [-0.4, -0.2) is 47.1 Å². The second-order valence-electron chi connectivity index (χ2n) is 5.03. The number of likely N-dealkylation sites (tertiary alicyclic amines) is 1. The molecule has 1 fully saturated rings. The molecule has 0 spiro atoms. The number of amides is 1. The molecule has 5 nitrogen and oxygen atoms in total. The van der Waals surface area contributed by atoms with Crippen LogP contribution in [0, 0.1) is 5.92 Å². The van der Waals surface area contributed by atoms with Crippen molar-refractivity contribution in [2.75, 3.05) is 31.6 Å². The van der Waals surface area contributed by atoms with E-state index in [9.17, 15) is 4.79 Å². The first-order valence-corrected chi connectivity index (χ1v) is 7.03. The molecule has 0 aliphatic carbocycles. The lowest BCUT2D eigenvalue weighted by Gasteiger charge is -2.16. The molecular formula is C14H19N3O2S. The number of carbonyl (C=O) groups excluding carboxylic acids is 1. The van der Waals surface area contributed by atoms with E-state index in [1.807, 2.05) is 17.0 Å². The number of anilines is 1. The zero-order valence-corrected chi connectivity index (χ0v) is 12.0. The standard InChI is InChI=1S/C14H19N3O2S/c15-14(20)11-3-1-2-4-12(11)16-13(19)8-17-6-5-10(7-17)9-18/h1-4,10,18H,5-9H2,(H2,15,20)(H,16,19). The van der Waals surface area contributed by atoms with E-state index in [2.05, 4.69) is 5.32 Å². The number of aliphatic hydroxyl groups excluding tert-OH is 1. The van der Waals surface area contributed by atoms with Gasteiger partial charge in [0, 0.05) is 18.7 Å². The smallest absolute Gasteiger partial charge is 0.238 e. The van der Waals surface area contributed by atoms with Crippen molar-refractivity contribution >= 4 is 28.8 Å². The summed E-state index contributed by atoms with van der Waals surface area (Å²) in [5.41, 5.74) is 6.95. The number of nitrogens with one attached hydrogen (secondary N) is 1. The highest BCUT2D eigenvalue weighted by Gasteiger charge is 2.23. The fourth-order valence-electron chi connectivity index (χ4n) is 2.41. The molecule has 1 aromatic rings. The number of hydrogen-bond acceptors (Lipinski definition) is 4. The van der Waals surface area contributed by atoms with Crippen LogP contribution in [0.15, 0.2) is 24.3 Å². The van der Waals surface area contributed by atoms with Gasteiger partial charge in [-0.25, -0.2) is 0 Å². The maximum Gasteiger partial charge on any atom is 0.238 e. The molecule has 1 aliphatic rings. The van der Waals surface area contributed by atoms with Crippen LogP contribution in [0.2, 0.25) is 0 Å². The van der Waals surface area contributed by atoms with Crippen LogP contribution in [-0.2, 0) is 4.79 Å². The van der Waals surface area contributed by atoms with Gasteiger partial charge < -0.3 is 16.2 Å². The van der Waals surface area contributed by atoms with E-state index in [1.165, 1.54) is 0 Å². The van der Waals surface area contributed by atoms with E-state index in [0.29, 0.717) is 17.8 Å². The molecule has 1 aromatic carbocycles. The molecule has 1 aliphatic heterocycles. The van der Waals surface area contributed by atoms with Gasteiger partial charge in [-0.15, -0.1) is 0 Å². The van der Waals surface area contributed by atoms with Crippen molar-refractivity contribution in [3.8, 4) is 0 Å². The summed E-state index contributed by atoms with van der Waals surface area (Å²) in [6.07, 6.45) is 0.938. The van der Waals surface area contributed by atoms with Gasteiger partial charge in [-0.05, 0) is 31.0 Å². The molecular weight excluding hydrogens is 274 g/mol. The van der Waals surface area contributed by atoms with Crippen molar-refractivity contribution in [1.82, 2.24) is 4.90 Å².